The van der Waals surface area contributed by atoms with Gasteiger partial charge in [-0.25, -0.2) is 0 Å². The van der Waals surface area contributed by atoms with Crippen molar-refractivity contribution >= 4 is 39.0 Å². The van der Waals surface area contributed by atoms with E-state index < -0.39 is 18.1 Å². The molecule has 1 aliphatic rings. The van der Waals surface area contributed by atoms with Gasteiger partial charge in [0.05, 0.1) is 23.1 Å². The first kappa shape index (κ1) is 28.9. The van der Waals surface area contributed by atoms with Gasteiger partial charge in [-0.3, -0.25) is 14.4 Å². The summed E-state index contributed by atoms with van der Waals surface area (Å²) in [5.41, 5.74) is 6.86. The van der Waals surface area contributed by atoms with E-state index in [4.69, 9.17) is 5.73 Å². The number of fused-ring (bicyclic) bond motifs is 1. The van der Waals surface area contributed by atoms with Crippen LogP contribution in [-0.2, 0) is 16.0 Å². The number of nitrogens with one attached hydrogen (secondary N) is 3. The van der Waals surface area contributed by atoms with Crippen LogP contribution in [0.1, 0.15) is 47.8 Å². The first-order valence-corrected chi connectivity index (χ1v) is 14.5. The molecular formula is C30H39N5O3S. The molecule has 2 unspecified atom stereocenters. The standard InChI is InChI=1S/C30H39N5O3S/c1-20(31)33-16-8-13-23(28(36)27-19-22-12-6-7-15-26(22)39-27)34-29(37)25-14-9-17-35(25)30(38)24(32-2)18-21-10-4-3-5-11-21/h3-7,10-12,15,19-20,23-25,32-33H,8-9,13-14,16-18,31H2,1-2H3,(H,34,37)/t20?,23-,24?,25-/m0/s1. The number of thiophene rings is 1. The molecule has 0 aliphatic carbocycles. The molecule has 39 heavy (non-hydrogen) atoms. The molecule has 0 radical (unpaired) electrons. The van der Waals surface area contributed by atoms with Crippen LogP contribution in [0.4, 0.5) is 0 Å². The molecular weight excluding hydrogens is 510 g/mol. The number of ketones is 1. The molecule has 3 aromatic rings. The highest BCUT2D eigenvalue weighted by atomic mass is 32.1. The quantitative estimate of drug-likeness (QED) is 0.148. The maximum atomic E-state index is 13.6. The molecule has 1 aliphatic heterocycles. The predicted octanol–water partition coefficient (Wildman–Crippen LogP) is 3.07. The number of nitrogens with zero attached hydrogens (tertiary/aromatic N) is 1. The van der Waals surface area contributed by atoms with E-state index in [1.54, 1.807) is 11.9 Å². The Morgan fingerprint density at radius 1 is 1.08 bits per heavy atom. The molecule has 1 aromatic heterocycles. The summed E-state index contributed by atoms with van der Waals surface area (Å²) < 4.78 is 1.04. The third-order valence-corrected chi connectivity index (χ3v) is 8.34. The fraction of sp³-hybridized carbons (Fsp3) is 0.433. The Kier molecular flexibility index (Phi) is 10.2. The zero-order chi connectivity index (χ0) is 27.8. The topological polar surface area (TPSA) is 117 Å². The molecule has 5 N–H and O–H groups in total. The lowest BCUT2D eigenvalue weighted by Gasteiger charge is -2.29. The fourth-order valence-electron chi connectivity index (χ4n) is 5.11. The Hall–Kier alpha value is -3.11. The number of likely N-dealkylation sites (tertiary alicyclic amines) is 1. The summed E-state index contributed by atoms with van der Waals surface area (Å²) in [6.07, 6.45) is 2.88. The highest BCUT2D eigenvalue weighted by molar-refractivity contribution is 7.20. The minimum Gasteiger partial charge on any atom is -0.344 e. The third-order valence-electron chi connectivity index (χ3n) is 7.20. The molecule has 8 nitrogen and oxygen atoms in total. The smallest absolute Gasteiger partial charge is 0.243 e. The van der Waals surface area contributed by atoms with E-state index in [2.05, 4.69) is 16.0 Å². The van der Waals surface area contributed by atoms with Crippen molar-refractivity contribution in [3.05, 3.63) is 71.1 Å². The van der Waals surface area contributed by atoms with Gasteiger partial charge >= 0.3 is 0 Å². The van der Waals surface area contributed by atoms with Gasteiger partial charge in [-0.15, -0.1) is 11.3 Å². The SMILES string of the molecule is CNC(Cc1ccccc1)C(=O)N1CCC[C@H]1C(=O)N[C@@H](CCCNC(C)N)C(=O)c1cc2ccccc2s1. The van der Waals surface area contributed by atoms with E-state index in [9.17, 15) is 14.4 Å². The van der Waals surface area contributed by atoms with Crippen LogP contribution in [-0.4, -0.2) is 66.9 Å². The Bertz CT molecular complexity index is 1230. The summed E-state index contributed by atoms with van der Waals surface area (Å²) in [7, 11) is 1.77. The first-order chi connectivity index (χ1) is 18.9. The van der Waals surface area contributed by atoms with E-state index >= 15 is 0 Å². The van der Waals surface area contributed by atoms with Crippen molar-refractivity contribution in [2.45, 2.75) is 63.3 Å². The first-order valence-electron chi connectivity index (χ1n) is 13.7. The normalized spacial score (nSPS) is 17.6. The molecule has 0 spiro atoms. The lowest BCUT2D eigenvalue weighted by Crippen LogP contribution is -2.54. The molecule has 4 rings (SSSR count). The molecule has 0 saturated carbocycles. The number of Topliss-reactive ketones (excluding diaryl/α,β-unsaturated/α-hetero) is 1. The number of amides is 2. The van der Waals surface area contributed by atoms with Crippen LogP contribution in [0, 0.1) is 0 Å². The number of rotatable bonds is 13. The minimum absolute atomic E-state index is 0.0903. The summed E-state index contributed by atoms with van der Waals surface area (Å²) >= 11 is 1.44. The van der Waals surface area contributed by atoms with Crippen LogP contribution in [0.5, 0.6) is 0 Å². The van der Waals surface area contributed by atoms with Crippen LogP contribution < -0.4 is 21.7 Å². The molecule has 4 atom stereocenters. The zero-order valence-electron chi connectivity index (χ0n) is 22.7. The second-order valence-electron chi connectivity index (χ2n) is 10.2. The van der Waals surface area contributed by atoms with Crippen LogP contribution in [0.3, 0.4) is 0 Å². The predicted molar refractivity (Wildman–Crippen MR) is 157 cm³/mol. The van der Waals surface area contributed by atoms with E-state index in [-0.39, 0.29) is 23.8 Å². The van der Waals surface area contributed by atoms with Crippen molar-refractivity contribution in [1.82, 2.24) is 20.9 Å². The van der Waals surface area contributed by atoms with Gasteiger partial charge < -0.3 is 26.6 Å². The van der Waals surface area contributed by atoms with Crippen molar-refractivity contribution in [2.24, 2.45) is 5.73 Å². The van der Waals surface area contributed by atoms with Crippen molar-refractivity contribution < 1.29 is 14.4 Å². The summed E-state index contributed by atoms with van der Waals surface area (Å²) in [6.45, 7) is 3.03. The Balaban J connectivity index is 1.47. The Morgan fingerprint density at radius 2 is 1.82 bits per heavy atom. The minimum atomic E-state index is -0.678. The van der Waals surface area contributed by atoms with Gasteiger partial charge in [0.1, 0.15) is 6.04 Å². The summed E-state index contributed by atoms with van der Waals surface area (Å²) in [5.74, 6) is -0.457. The van der Waals surface area contributed by atoms with E-state index in [0.29, 0.717) is 43.6 Å². The number of benzene rings is 2. The number of likely N-dealkylation sites (N-methyl/N-ethyl adjacent to an activating group) is 1. The Labute approximate surface area is 234 Å². The average Bonchev–Trinajstić information content (AvgIpc) is 3.61. The fourth-order valence-corrected chi connectivity index (χ4v) is 6.17. The number of carbonyl (C=O) groups is 3. The van der Waals surface area contributed by atoms with E-state index in [0.717, 1.165) is 22.1 Å². The van der Waals surface area contributed by atoms with Crippen LogP contribution in [0.2, 0.25) is 0 Å². The Morgan fingerprint density at radius 3 is 2.54 bits per heavy atom. The molecule has 1 fully saturated rings. The van der Waals surface area contributed by atoms with Gasteiger partial charge in [0.25, 0.3) is 0 Å². The highest BCUT2D eigenvalue weighted by Crippen LogP contribution is 2.27. The van der Waals surface area contributed by atoms with Gasteiger partial charge in [0.2, 0.25) is 11.8 Å². The molecule has 0 bridgehead atoms. The number of carbonyl (C=O) groups excluding carboxylic acids is 3. The van der Waals surface area contributed by atoms with Gasteiger partial charge in [-0.1, -0.05) is 48.5 Å². The summed E-state index contributed by atoms with van der Waals surface area (Å²) in [5, 5.41) is 10.3. The molecule has 2 amide bonds. The second-order valence-corrected chi connectivity index (χ2v) is 11.3. The van der Waals surface area contributed by atoms with Crippen molar-refractivity contribution in [2.75, 3.05) is 20.1 Å². The summed E-state index contributed by atoms with van der Waals surface area (Å²) in [4.78, 5) is 43.0. The maximum Gasteiger partial charge on any atom is 0.243 e. The largest absolute Gasteiger partial charge is 0.344 e. The number of hydrogen-bond acceptors (Lipinski definition) is 7. The van der Waals surface area contributed by atoms with Crippen molar-refractivity contribution in [3.63, 3.8) is 0 Å². The van der Waals surface area contributed by atoms with Crippen molar-refractivity contribution in [1.29, 1.82) is 0 Å². The van der Waals surface area contributed by atoms with Crippen LogP contribution in [0.15, 0.2) is 60.7 Å². The highest BCUT2D eigenvalue weighted by Gasteiger charge is 2.38. The number of hydrogen-bond donors (Lipinski definition) is 4. The monoisotopic (exact) mass is 549 g/mol. The number of nitrogens with two attached hydrogens (primary N) is 1. The average molecular weight is 550 g/mol. The molecule has 208 valence electrons. The molecule has 2 aromatic carbocycles. The van der Waals surface area contributed by atoms with Gasteiger partial charge in [0.15, 0.2) is 5.78 Å². The van der Waals surface area contributed by atoms with Gasteiger partial charge in [-0.05, 0) is 75.7 Å². The maximum absolute atomic E-state index is 13.6. The van der Waals surface area contributed by atoms with Gasteiger partial charge in [0, 0.05) is 11.2 Å². The lowest BCUT2D eigenvalue weighted by molar-refractivity contribution is -0.140. The zero-order valence-corrected chi connectivity index (χ0v) is 23.5. The van der Waals surface area contributed by atoms with Crippen LogP contribution in [0.25, 0.3) is 10.1 Å². The third kappa shape index (κ3) is 7.51. The lowest BCUT2D eigenvalue weighted by atomic mass is 10.0. The van der Waals surface area contributed by atoms with E-state index in [1.807, 2.05) is 67.6 Å². The molecule has 2 heterocycles. The van der Waals surface area contributed by atoms with E-state index in [1.165, 1.54) is 11.3 Å². The summed E-state index contributed by atoms with van der Waals surface area (Å²) in [6, 6.07) is 17.9. The van der Waals surface area contributed by atoms with Gasteiger partial charge in [-0.2, -0.15) is 0 Å². The van der Waals surface area contributed by atoms with Crippen molar-refractivity contribution in [3.8, 4) is 0 Å². The molecule has 1 saturated heterocycles. The van der Waals surface area contributed by atoms with Crippen LogP contribution >= 0.6 is 11.3 Å². The second kappa shape index (κ2) is 13.8. The molecule has 9 heteroatoms.